The first-order valence-corrected chi connectivity index (χ1v) is 15.2. The smallest absolute Gasteiger partial charge is 0.145 e. The van der Waals surface area contributed by atoms with Crippen molar-refractivity contribution in [2.75, 3.05) is 0 Å². The third kappa shape index (κ3) is 3.79. The van der Waals surface area contributed by atoms with Crippen LogP contribution in [0.3, 0.4) is 0 Å². The fourth-order valence-electron chi connectivity index (χ4n) is 6.20. The summed E-state index contributed by atoms with van der Waals surface area (Å²) in [7, 11) is 0. The molecule has 0 saturated heterocycles. The van der Waals surface area contributed by atoms with Gasteiger partial charge in [-0.15, -0.1) is 0 Å². The average Bonchev–Trinajstić information content (AvgIpc) is 3.66. The minimum absolute atomic E-state index is 0.936. The molecule has 202 valence electrons. The highest BCUT2D eigenvalue weighted by Crippen LogP contribution is 2.48. The molecule has 0 atom stereocenters. The highest BCUT2D eigenvalue weighted by atomic mass is 32.2. The van der Waals surface area contributed by atoms with Gasteiger partial charge in [0.25, 0.3) is 0 Å². The Morgan fingerprint density at radius 1 is 0.465 bits per heavy atom. The van der Waals surface area contributed by atoms with Crippen molar-refractivity contribution >= 4 is 33.8 Å². The van der Waals surface area contributed by atoms with Gasteiger partial charge in [-0.25, -0.2) is 9.97 Å². The van der Waals surface area contributed by atoms with Crippen LogP contribution in [-0.4, -0.2) is 19.1 Å². The van der Waals surface area contributed by atoms with Crippen LogP contribution in [-0.2, 0) is 0 Å². The predicted octanol–water partition coefficient (Wildman–Crippen LogP) is 9.83. The lowest BCUT2D eigenvalue weighted by molar-refractivity contribution is 1.04. The van der Waals surface area contributed by atoms with Crippen LogP contribution < -0.4 is 0 Å². The van der Waals surface area contributed by atoms with Gasteiger partial charge in [0.2, 0.25) is 0 Å². The maximum absolute atomic E-state index is 5.09. The standard InChI is InChI=1S/C38H24N4S/c1-3-11-26(12-4-1)38-40-31-17-10-20-34-35(31)42(38)33-19-9-15-29(36(33)43-34)25-21-23-27(24-22-25)37-39-30-16-7-8-18-32(30)41(37)28-13-5-2-6-14-28/h1-24H. The Balaban J connectivity index is 1.19. The van der Waals surface area contributed by atoms with Gasteiger partial charge in [-0.1, -0.05) is 115 Å². The van der Waals surface area contributed by atoms with Crippen LogP contribution in [0.4, 0.5) is 0 Å². The van der Waals surface area contributed by atoms with Crippen LogP contribution in [0, 0.1) is 0 Å². The second kappa shape index (κ2) is 9.58. The molecule has 0 saturated carbocycles. The molecule has 9 rings (SSSR count). The molecule has 0 radical (unpaired) electrons. The maximum atomic E-state index is 5.09. The van der Waals surface area contributed by atoms with E-state index in [1.54, 1.807) is 0 Å². The van der Waals surface area contributed by atoms with Gasteiger partial charge in [-0.3, -0.25) is 9.13 Å². The van der Waals surface area contributed by atoms with Crippen molar-refractivity contribution in [2.45, 2.75) is 9.79 Å². The molecule has 0 unspecified atom stereocenters. The van der Waals surface area contributed by atoms with Crippen molar-refractivity contribution in [1.82, 2.24) is 19.1 Å². The Hall–Kier alpha value is -5.39. The first-order chi connectivity index (χ1) is 21.3. The minimum atomic E-state index is 0.936. The Bertz CT molecular complexity index is 2300. The van der Waals surface area contributed by atoms with Crippen LogP contribution >= 0.6 is 11.8 Å². The average molecular weight is 569 g/mol. The molecule has 0 aliphatic carbocycles. The summed E-state index contributed by atoms with van der Waals surface area (Å²) in [6, 6.07) is 51.1. The van der Waals surface area contributed by atoms with Gasteiger partial charge in [0, 0.05) is 26.6 Å². The van der Waals surface area contributed by atoms with Gasteiger partial charge in [-0.2, -0.15) is 0 Å². The zero-order chi connectivity index (χ0) is 28.3. The summed E-state index contributed by atoms with van der Waals surface area (Å²) in [4.78, 5) is 12.6. The second-order valence-electron chi connectivity index (χ2n) is 10.7. The number of hydrogen-bond donors (Lipinski definition) is 0. The van der Waals surface area contributed by atoms with E-state index in [-0.39, 0.29) is 0 Å². The molecule has 0 N–H and O–H groups in total. The van der Waals surface area contributed by atoms with Crippen molar-refractivity contribution in [2.24, 2.45) is 0 Å². The number of nitrogens with zero attached hydrogens (tertiary/aromatic N) is 4. The van der Waals surface area contributed by atoms with Crippen LogP contribution in [0.2, 0.25) is 0 Å². The van der Waals surface area contributed by atoms with Crippen molar-refractivity contribution in [3.8, 4) is 45.3 Å². The molecule has 43 heavy (non-hydrogen) atoms. The largest absolute Gasteiger partial charge is 0.292 e. The number of fused-ring (bicyclic) bond motifs is 3. The molecule has 0 spiro atoms. The highest BCUT2D eigenvalue weighted by Gasteiger charge is 2.26. The molecule has 1 aliphatic rings. The van der Waals surface area contributed by atoms with E-state index in [4.69, 9.17) is 9.97 Å². The van der Waals surface area contributed by atoms with Crippen LogP contribution in [0.25, 0.3) is 67.3 Å². The molecule has 0 bridgehead atoms. The Morgan fingerprint density at radius 3 is 1.93 bits per heavy atom. The third-order valence-electron chi connectivity index (χ3n) is 8.15. The van der Waals surface area contributed by atoms with E-state index in [0.717, 1.165) is 50.7 Å². The number of imidazole rings is 2. The SMILES string of the molecule is c1ccc(-c2nc3cccc4c3n2-c2cccc(-c3ccc(-c5nc6ccccc6n5-c5ccccc5)cc3)c2S4)cc1. The summed E-state index contributed by atoms with van der Waals surface area (Å²) in [5, 5.41) is 0. The van der Waals surface area contributed by atoms with Crippen LogP contribution in [0.5, 0.6) is 0 Å². The van der Waals surface area contributed by atoms with Gasteiger partial charge in [0.05, 0.1) is 27.8 Å². The minimum Gasteiger partial charge on any atom is -0.292 e. The summed E-state index contributed by atoms with van der Waals surface area (Å²) in [5.74, 6) is 1.91. The van der Waals surface area contributed by atoms with Crippen LogP contribution in [0.1, 0.15) is 0 Å². The van der Waals surface area contributed by atoms with E-state index < -0.39 is 0 Å². The molecule has 8 aromatic rings. The first-order valence-electron chi connectivity index (χ1n) is 14.4. The molecule has 0 fully saturated rings. The normalized spacial score (nSPS) is 12.1. The Labute approximate surface area is 252 Å². The van der Waals surface area contributed by atoms with Crippen molar-refractivity contribution in [1.29, 1.82) is 0 Å². The maximum Gasteiger partial charge on any atom is 0.145 e. The molecule has 2 aromatic heterocycles. The van der Waals surface area contributed by atoms with E-state index in [2.05, 4.69) is 137 Å². The quantitative estimate of drug-likeness (QED) is 0.212. The van der Waals surface area contributed by atoms with Gasteiger partial charge in [0.15, 0.2) is 0 Å². The van der Waals surface area contributed by atoms with E-state index in [1.807, 2.05) is 30.0 Å². The van der Waals surface area contributed by atoms with Crippen molar-refractivity contribution in [3.63, 3.8) is 0 Å². The molecular formula is C38H24N4S. The summed E-state index contributed by atoms with van der Waals surface area (Å²) >= 11 is 1.83. The number of hydrogen-bond acceptors (Lipinski definition) is 3. The Morgan fingerprint density at radius 2 is 1.09 bits per heavy atom. The fourth-order valence-corrected chi connectivity index (χ4v) is 7.41. The van der Waals surface area contributed by atoms with Gasteiger partial charge >= 0.3 is 0 Å². The summed E-state index contributed by atoms with van der Waals surface area (Å²) in [6.45, 7) is 0. The summed E-state index contributed by atoms with van der Waals surface area (Å²) < 4.78 is 4.59. The molecule has 5 heteroatoms. The van der Waals surface area contributed by atoms with E-state index in [9.17, 15) is 0 Å². The van der Waals surface area contributed by atoms with E-state index >= 15 is 0 Å². The second-order valence-corrected chi connectivity index (χ2v) is 11.7. The number of benzene rings is 6. The van der Waals surface area contributed by atoms with Crippen molar-refractivity contribution in [3.05, 3.63) is 146 Å². The lowest BCUT2D eigenvalue weighted by Crippen LogP contribution is -2.05. The predicted molar refractivity (Wildman–Crippen MR) is 176 cm³/mol. The Kier molecular flexibility index (Phi) is 5.40. The molecule has 3 heterocycles. The van der Waals surface area contributed by atoms with Gasteiger partial charge < -0.3 is 0 Å². The fraction of sp³-hybridized carbons (Fsp3) is 0. The molecule has 4 nitrogen and oxygen atoms in total. The molecule has 6 aromatic carbocycles. The number of rotatable bonds is 4. The monoisotopic (exact) mass is 568 g/mol. The van der Waals surface area contributed by atoms with Gasteiger partial charge in [0.1, 0.15) is 11.6 Å². The first kappa shape index (κ1) is 24.2. The molecule has 0 amide bonds. The lowest BCUT2D eigenvalue weighted by atomic mass is 10.0. The summed E-state index contributed by atoms with van der Waals surface area (Å²) in [5.41, 5.74) is 11.1. The van der Waals surface area contributed by atoms with Gasteiger partial charge in [-0.05, 0) is 53.6 Å². The zero-order valence-corrected chi connectivity index (χ0v) is 23.9. The molecule has 1 aliphatic heterocycles. The number of para-hydroxylation sites is 4. The van der Waals surface area contributed by atoms with E-state index in [0.29, 0.717) is 0 Å². The zero-order valence-electron chi connectivity index (χ0n) is 23.1. The molecular weight excluding hydrogens is 545 g/mol. The lowest BCUT2D eigenvalue weighted by Gasteiger charge is -2.23. The topological polar surface area (TPSA) is 35.6 Å². The van der Waals surface area contributed by atoms with Crippen molar-refractivity contribution < 1.29 is 0 Å². The van der Waals surface area contributed by atoms with E-state index in [1.165, 1.54) is 26.4 Å². The highest BCUT2D eigenvalue weighted by molar-refractivity contribution is 8.00. The number of aromatic nitrogens is 4. The third-order valence-corrected chi connectivity index (χ3v) is 9.33. The van der Waals surface area contributed by atoms with Crippen LogP contribution in [0.15, 0.2) is 155 Å². The summed E-state index contributed by atoms with van der Waals surface area (Å²) in [6.07, 6.45) is 0.